The van der Waals surface area contributed by atoms with Gasteiger partial charge in [0, 0.05) is 5.56 Å². The highest BCUT2D eigenvalue weighted by molar-refractivity contribution is 7.99. The van der Waals surface area contributed by atoms with Crippen molar-refractivity contribution in [1.82, 2.24) is 5.32 Å². The molecule has 0 aromatic heterocycles. The quantitative estimate of drug-likeness (QED) is 0.702. The molecule has 1 aromatic rings. The number of aryl methyl sites for hydroxylation is 1. The standard InChI is InChI=1S/C13H15BFNO5S/c1-6-3-8(15)7-4-9(16-10(17)5-22-2)14(20)21-12(7)11(6)13(18)19/h3,9,20H,4-5H2,1-2H3,(H,16,17)(H,18,19)/t9-/m0/s1. The van der Waals surface area contributed by atoms with Gasteiger partial charge < -0.3 is 20.1 Å². The first-order valence-corrected chi connectivity index (χ1v) is 7.92. The number of hydrogen-bond donors (Lipinski definition) is 3. The van der Waals surface area contributed by atoms with E-state index < -0.39 is 24.8 Å². The van der Waals surface area contributed by atoms with Gasteiger partial charge in [-0.15, -0.1) is 0 Å². The minimum absolute atomic E-state index is 0.0387. The van der Waals surface area contributed by atoms with Crippen LogP contribution in [0.2, 0.25) is 0 Å². The number of fused-ring (bicyclic) bond motifs is 1. The molecule has 2 rings (SSSR count). The van der Waals surface area contributed by atoms with Gasteiger partial charge in [-0.1, -0.05) is 0 Å². The van der Waals surface area contributed by atoms with Gasteiger partial charge in [-0.3, -0.25) is 4.79 Å². The number of thioether (sulfide) groups is 1. The van der Waals surface area contributed by atoms with Gasteiger partial charge in [0.25, 0.3) is 0 Å². The highest BCUT2D eigenvalue weighted by Gasteiger charge is 2.39. The SMILES string of the molecule is CSCC(=O)N[C@H]1Cc2c(F)cc(C)c(C(=O)O)c2OB1O. The van der Waals surface area contributed by atoms with Crippen LogP contribution in [0.25, 0.3) is 0 Å². The number of halogens is 1. The Morgan fingerprint density at radius 1 is 1.59 bits per heavy atom. The number of aromatic carboxylic acids is 1. The Hall–Kier alpha value is -1.74. The van der Waals surface area contributed by atoms with Crippen LogP contribution in [0, 0.1) is 12.7 Å². The van der Waals surface area contributed by atoms with E-state index in [-0.39, 0.29) is 40.5 Å². The van der Waals surface area contributed by atoms with E-state index in [4.69, 9.17) is 4.65 Å². The fraction of sp³-hybridized carbons (Fsp3) is 0.385. The lowest BCUT2D eigenvalue weighted by Gasteiger charge is -2.29. The predicted octanol–water partition coefficient (Wildman–Crippen LogP) is 0.635. The summed E-state index contributed by atoms with van der Waals surface area (Å²) in [5.41, 5.74) is 0.0768. The van der Waals surface area contributed by atoms with E-state index in [1.165, 1.54) is 18.7 Å². The number of hydrogen-bond acceptors (Lipinski definition) is 5. The van der Waals surface area contributed by atoms with Gasteiger partial charge >= 0.3 is 13.1 Å². The average molecular weight is 327 g/mol. The maximum Gasteiger partial charge on any atom is 0.547 e. The zero-order valence-electron chi connectivity index (χ0n) is 12.1. The molecule has 0 fully saturated rings. The monoisotopic (exact) mass is 327 g/mol. The molecule has 0 spiro atoms. The van der Waals surface area contributed by atoms with Crippen LogP contribution in [0.3, 0.4) is 0 Å². The summed E-state index contributed by atoms with van der Waals surface area (Å²) in [5, 5.41) is 21.7. The molecule has 0 radical (unpaired) electrons. The van der Waals surface area contributed by atoms with Crippen molar-refractivity contribution in [3.8, 4) is 5.75 Å². The minimum atomic E-state index is -1.43. The van der Waals surface area contributed by atoms with E-state index in [0.717, 1.165) is 6.07 Å². The van der Waals surface area contributed by atoms with Crippen molar-refractivity contribution in [2.24, 2.45) is 0 Å². The van der Waals surface area contributed by atoms with Crippen molar-refractivity contribution in [3.05, 3.63) is 28.6 Å². The average Bonchev–Trinajstić information content (AvgIpc) is 2.40. The summed E-state index contributed by atoms with van der Waals surface area (Å²) in [5.74, 6) is -2.99. The Morgan fingerprint density at radius 2 is 2.27 bits per heavy atom. The lowest BCUT2D eigenvalue weighted by Crippen LogP contribution is -2.53. The van der Waals surface area contributed by atoms with Crippen molar-refractivity contribution in [2.75, 3.05) is 12.0 Å². The molecule has 0 unspecified atom stereocenters. The summed E-state index contributed by atoms with van der Waals surface area (Å²) >= 11 is 1.31. The van der Waals surface area contributed by atoms with Crippen molar-refractivity contribution in [2.45, 2.75) is 19.3 Å². The van der Waals surface area contributed by atoms with Gasteiger partial charge in [-0.05, 0) is 31.2 Å². The third-order valence-corrected chi connectivity index (χ3v) is 3.92. The fourth-order valence-corrected chi connectivity index (χ4v) is 2.74. The topological polar surface area (TPSA) is 95.9 Å². The van der Waals surface area contributed by atoms with Crippen LogP contribution in [-0.2, 0) is 11.2 Å². The summed E-state index contributed by atoms with van der Waals surface area (Å²) in [4.78, 5) is 22.9. The van der Waals surface area contributed by atoms with Gasteiger partial charge in [0.1, 0.15) is 17.1 Å². The molecule has 0 bridgehead atoms. The normalized spacial score (nSPS) is 16.7. The third-order valence-electron chi connectivity index (χ3n) is 3.37. The van der Waals surface area contributed by atoms with E-state index in [9.17, 15) is 24.1 Å². The minimum Gasteiger partial charge on any atom is -0.534 e. The molecule has 1 aliphatic heterocycles. The Balaban J connectivity index is 2.35. The Bertz CT molecular complexity index is 627. The lowest BCUT2D eigenvalue weighted by atomic mass is 9.72. The zero-order chi connectivity index (χ0) is 16.4. The molecule has 6 nitrogen and oxygen atoms in total. The van der Waals surface area contributed by atoms with Crippen LogP contribution in [0.1, 0.15) is 21.5 Å². The molecule has 22 heavy (non-hydrogen) atoms. The second-order valence-corrected chi connectivity index (χ2v) is 5.85. The molecule has 9 heteroatoms. The first-order chi connectivity index (χ1) is 10.3. The number of amides is 1. The predicted molar refractivity (Wildman–Crippen MR) is 80.7 cm³/mol. The number of carboxylic acids is 1. The van der Waals surface area contributed by atoms with Crippen LogP contribution >= 0.6 is 11.8 Å². The van der Waals surface area contributed by atoms with E-state index in [1.54, 1.807) is 6.26 Å². The van der Waals surface area contributed by atoms with Crippen LogP contribution in [-0.4, -0.2) is 47.1 Å². The van der Waals surface area contributed by atoms with Crippen LogP contribution in [0.4, 0.5) is 4.39 Å². The van der Waals surface area contributed by atoms with Crippen molar-refractivity contribution < 1.29 is 28.8 Å². The smallest absolute Gasteiger partial charge is 0.534 e. The van der Waals surface area contributed by atoms with Crippen LogP contribution < -0.4 is 9.97 Å². The first kappa shape index (κ1) is 16.6. The molecule has 0 saturated carbocycles. The molecule has 1 aliphatic rings. The fourth-order valence-electron chi connectivity index (χ4n) is 2.40. The second kappa shape index (κ2) is 6.57. The molecule has 1 amide bonds. The number of rotatable bonds is 4. The number of carbonyl (C=O) groups excluding carboxylic acids is 1. The Kier molecular flexibility index (Phi) is 4.97. The highest BCUT2D eigenvalue weighted by Crippen LogP contribution is 2.34. The lowest BCUT2D eigenvalue weighted by molar-refractivity contribution is -0.118. The second-order valence-electron chi connectivity index (χ2n) is 4.98. The summed E-state index contributed by atoms with van der Waals surface area (Å²) in [7, 11) is -1.43. The van der Waals surface area contributed by atoms with Gasteiger partial charge in [0.05, 0.1) is 11.7 Å². The van der Waals surface area contributed by atoms with Gasteiger partial charge in [0.15, 0.2) is 0 Å². The highest BCUT2D eigenvalue weighted by atomic mass is 32.2. The molecule has 118 valence electrons. The number of carbonyl (C=O) groups is 2. The van der Waals surface area contributed by atoms with Crippen molar-refractivity contribution >= 4 is 30.8 Å². The maximum absolute atomic E-state index is 14.1. The van der Waals surface area contributed by atoms with Crippen LogP contribution in [0.15, 0.2) is 6.07 Å². The largest absolute Gasteiger partial charge is 0.547 e. The van der Waals surface area contributed by atoms with E-state index in [1.807, 2.05) is 0 Å². The molecular weight excluding hydrogens is 312 g/mol. The summed E-state index contributed by atoms with van der Waals surface area (Å²) < 4.78 is 19.3. The van der Waals surface area contributed by atoms with E-state index in [2.05, 4.69) is 5.32 Å². The molecule has 1 atom stereocenters. The van der Waals surface area contributed by atoms with Crippen molar-refractivity contribution in [3.63, 3.8) is 0 Å². The third kappa shape index (κ3) is 3.20. The molecular formula is C13H15BFNO5S. The van der Waals surface area contributed by atoms with E-state index >= 15 is 0 Å². The van der Waals surface area contributed by atoms with Gasteiger partial charge in [-0.2, -0.15) is 11.8 Å². The van der Waals surface area contributed by atoms with Crippen molar-refractivity contribution in [1.29, 1.82) is 0 Å². The summed E-state index contributed by atoms with van der Waals surface area (Å²) in [6.07, 6.45) is 1.72. The maximum atomic E-state index is 14.1. The zero-order valence-corrected chi connectivity index (χ0v) is 12.9. The first-order valence-electron chi connectivity index (χ1n) is 6.53. The number of nitrogens with one attached hydrogen (secondary N) is 1. The molecule has 3 N–H and O–H groups in total. The molecule has 1 heterocycles. The molecule has 0 aliphatic carbocycles. The number of benzene rings is 1. The van der Waals surface area contributed by atoms with Crippen LogP contribution in [0.5, 0.6) is 5.75 Å². The summed E-state index contributed by atoms with van der Waals surface area (Å²) in [6, 6.07) is 1.12. The number of carboxylic acid groups (broad SMARTS) is 1. The van der Waals surface area contributed by atoms with E-state index in [0.29, 0.717) is 0 Å². The Morgan fingerprint density at radius 3 is 2.86 bits per heavy atom. The molecule has 0 saturated heterocycles. The van der Waals surface area contributed by atoms with Gasteiger partial charge in [-0.25, -0.2) is 9.18 Å². The summed E-state index contributed by atoms with van der Waals surface area (Å²) in [6.45, 7) is 1.45. The van der Waals surface area contributed by atoms with Gasteiger partial charge in [0.2, 0.25) is 5.91 Å². The molecule has 1 aromatic carbocycles. The Labute approximate surface area is 131 Å².